The Hall–Kier alpha value is -1.52. The summed E-state index contributed by atoms with van der Waals surface area (Å²) in [5.41, 5.74) is 6.51. The maximum absolute atomic E-state index is 5.98. The monoisotopic (exact) mass is 224 g/mol. The van der Waals surface area contributed by atoms with Crippen molar-refractivity contribution in [3.05, 3.63) is 6.33 Å². The first kappa shape index (κ1) is 12.5. The van der Waals surface area contributed by atoms with Crippen LogP contribution in [0.15, 0.2) is 6.33 Å². The number of anilines is 2. The molecule has 1 rings (SSSR count). The number of rotatable bonds is 6. The van der Waals surface area contributed by atoms with E-state index in [2.05, 4.69) is 28.7 Å². The van der Waals surface area contributed by atoms with Crippen LogP contribution in [0.5, 0.6) is 5.88 Å². The maximum atomic E-state index is 5.98. The zero-order valence-corrected chi connectivity index (χ0v) is 10.2. The molecule has 0 aromatic carbocycles. The lowest BCUT2D eigenvalue weighted by Crippen LogP contribution is -2.24. The van der Waals surface area contributed by atoms with Gasteiger partial charge in [0.15, 0.2) is 5.82 Å². The standard InChI is InChI=1S/C11H20N4O/c1-4-7-16-11-9(12)10(13-8-14-11)15(5-2)6-3/h8H,4-7,12H2,1-3H3. The number of nitrogens with zero attached hydrogens (tertiary/aromatic N) is 3. The van der Waals surface area contributed by atoms with E-state index in [0.717, 1.165) is 25.3 Å². The molecule has 0 aliphatic heterocycles. The molecule has 0 bridgehead atoms. The van der Waals surface area contributed by atoms with Crippen LogP contribution in [0, 0.1) is 0 Å². The Morgan fingerprint density at radius 3 is 2.50 bits per heavy atom. The third-order valence-electron chi connectivity index (χ3n) is 2.33. The topological polar surface area (TPSA) is 64.3 Å². The third-order valence-corrected chi connectivity index (χ3v) is 2.33. The second-order valence-corrected chi connectivity index (χ2v) is 3.44. The highest BCUT2D eigenvalue weighted by molar-refractivity contribution is 5.67. The summed E-state index contributed by atoms with van der Waals surface area (Å²) in [6.07, 6.45) is 2.43. The van der Waals surface area contributed by atoms with Crippen molar-refractivity contribution >= 4 is 11.5 Å². The van der Waals surface area contributed by atoms with Crippen LogP contribution >= 0.6 is 0 Å². The Balaban J connectivity index is 2.93. The minimum atomic E-state index is 0.485. The van der Waals surface area contributed by atoms with Crippen molar-refractivity contribution in [2.75, 3.05) is 30.3 Å². The molecule has 0 saturated heterocycles. The van der Waals surface area contributed by atoms with E-state index in [9.17, 15) is 0 Å². The molecule has 0 fully saturated rings. The van der Waals surface area contributed by atoms with Crippen molar-refractivity contribution in [3.63, 3.8) is 0 Å². The molecule has 1 aromatic rings. The third kappa shape index (κ3) is 2.74. The predicted octanol–water partition coefficient (Wildman–Crippen LogP) is 1.69. The molecule has 1 aromatic heterocycles. The van der Waals surface area contributed by atoms with Crippen LogP contribution in [0.4, 0.5) is 11.5 Å². The van der Waals surface area contributed by atoms with E-state index in [1.807, 2.05) is 6.92 Å². The van der Waals surface area contributed by atoms with Gasteiger partial charge in [-0.2, -0.15) is 4.98 Å². The molecule has 5 heteroatoms. The molecule has 0 radical (unpaired) electrons. The van der Waals surface area contributed by atoms with Crippen LogP contribution in [-0.4, -0.2) is 29.7 Å². The smallest absolute Gasteiger partial charge is 0.242 e. The second kappa shape index (κ2) is 6.15. The van der Waals surface area contributed by atoms with Crippen LogP contribution < -0.4 is 15.4 Å². The quantitative estimate of drug-likeness (QED) is 0.796. The van der Waals surface area contributed by atoms with Crippen molar-refractivity contribution in [3.8, 4) is 5.88 Å². The number of ether oxygens (including phenoxy) is 1. The van der Waals surface area contributed by atoms with Crippen molar-refractivity contribution in [2.24, 2.45) is 0 Å². The molecule has 0 aliphatic carbocycles. The van der Waals surface area contributed by atoms with E-state index in [4.69, 9.17) is 10.5 Å². The zero-order chi connectivity index (χ0) is 12.0. The van der Waals surface area contributed by atoms with Gasteiger partial charge >= 0.3 is 0 Å². The molecular weight excluding hydrogens is 204 g/mol. The van der Waals surface area contributed by atoms with E-state index in [1.54, 1.807) is 0 Å². The predicted molar refractivity (Wildman–Crippen MR) is 65.8 cm³/mol. The molecule has 0 saturated carbocycles. The van der Waals surface area contributed by atoms with Gasteiger partial charge in [-0.15, -0.1) is 0 Å². The zero-order valence-electron chi connectivity index (χ0n) is 10.2. The first-order valence-electron chi connectivity index (χ1n) is 5.72. The van der Waals surface area contributed by atoms with Crippen LogP contribution in [-0.2, 0) is 0 Å². The summed E-state index contributed by atoms with van der Waals surface area (Å²) in [6, 6.07) is 0. The van der Waals surface area contributed by atoms with Crippen molar-refractivity contribution < 1.29 is 4.74 Å². The molecular formula is C11H20N4O. The van der Waals surface area contributed by atoms with E-state index in [-0.39, 0.29) is 0 Å². The highest BCUT2D eigenvalue weighted by Gasteiger charge is 2.13. The van der Waals surface area contributed by atoms with E-state index >= 15 is 0 Å². The maximum Gasteiger partial charge on any atom is 0.242 e. The van der Waals surface area contributed by atoms with Crippen LogP contribution in [0.2, 0.25) is 0 Å². The minimum absolute atomic E-state index is 0.485. The fourth-order valence-corrected chi connectivity index (χ4v) is 1.46. The lowest BCUT2D eigenvalue weighted by Gasteiger charge is -2.21. The molecule has 16 heavy (non-hydrogen) atoms. The lowest BCUT2D eigenvalue weighted by molar-refractivity contribution is 0.306. The fourth-order valence-electron chi connectivity index (χ4n) is 1.46. The van der Waals surface area contributed by atoms with E-state index in [1.165, 1.54) is 6.33 Å². The molecule has 2 N–H and O–H groups in total. The van der Waals surface area contributed by atoms with Gasteiger partial charge in [-0.3, -0.25) is 0 Å². The molecule has 5 nitrogen and oxygen atoms in total. The van der Waals surface area contributed by atoms with E-state index in [0.29, 0.717) is 18.2 Å². The van der Waals surface area contributed by atoms with Crippen molar-refractivity contribution in [1.29, 1.82) is 0 Å². The molecule has 90 valence electrons. The molecule has 0 aliphatic rings. The summed E-state index contributed by atoms with van der Waals surface area (Å²) in [6.45, 7) is 8.53. The minimum Gasteiger partial charge on any atom is -0.476 e. The largest absolute Gasteiger partial charge is 0.476 e. The Labute approximate surface area is 96.6 Å². The Bertz CT molecular complexity index is 326. The number of hydrogen-bond acceptors (Lipinski definition) is 5. The first-order chi connectivity index (χ1) is 7.74. The molecule has 0 spiro atoms. The average molecular weight is 224 g/mol. The van der Waals surface area contributed by atoms with E-state index < -0.39 is 0 Å². The Morgan fingerprint density at radius 1 is 1.25 bits per heavy atom. The summed E-state index contributed by atoms with van der Waals surface area (Å²) >= 11 is 0. The van der Waals surface area contributed by atoms with Gasteiger partial charge in [0.1, 0.15) is 12.0 Å². The van der Waals surface area contributed by atoms with Gasteiger partial charge in [-0.25, -0.2) is 4.98 Å². The van der Waals surface area contributed by atoms with Gasteiger partial charge in [-0.1, -0.05) is 6.92 Å². The highest BCUT2D eigenvalue weighted by atomic mass is 16.5. The molecule has 0 atom stereocenters. The highest BCUT2D eigenvalue weighted by Crippen LogP contribution is 2.27. The summed E-state index contributed by atoms with van der Waals surface area (Å²) in [5.74, 6) is 1.24. The Morgan fingerprint density at radius 2 is 1.94 bits per heavy atom. The number of hydrogen-bond donors (Lipinski definition) is 1. The van der Waals surface area contributed by atoms with Crippen LogP contribution in [0.25, 0.3) is 0 Å². The van der Waals surface area contributed by atoms with Gasteiger partial charge in [0, 0.05) is 13.1 Å². The van der Waals surface area contributed by atoms with Gasteiger partial charge < -0.3 is 15.4 Å². The van der Waals surface area contributed by atoms with Gasteiger partial charge in [0.2, 0.25) is 5.88 Å². The Kier molecular flexibility index (Phi) is 4.82. The molecule has 0 amide bonds. The number of aromatic nitrogens is 2. The normalized spacial score (nSPS) is 10.2. The van der Waals surface area contributed by atoms with Crippen molar-refractivity contribution in [2.45, 2.75) is 27.2 Å². The van der Waals surface area contributed by atoms with Gasteiger partial charge in [0.25, 0.3) is 0 Å². The fraction of sp³-hybridized carbons (Fsp3) is 0.636. The molecule has 1 heterocycles. The SMILES string of the molecule is CCCOc1ncnc(N(CC)CC)c1N. The van der Waals surface area contributed by atoms with Gasteiger partial charge in [0.05, 0.1) is 6.61 Å². The summed E-state index contributed by atoms with van der Waals surface area (Å²) in [4.78, 5) is 10.3. The van der Waals surface area contributed by atoms with Crippen LogP contribution in [0.3, 0.4) is 0 Å². The van der Waals surface area contributed by atoms with Gasteiger partial charge in [-0.05, 0) is 20.3 Å². The second-order valence-electron chi connectivity index (χ2n) is 3.44. The molecule has 0 unspecified atom stereocenters. The summed E-state index contributed by atoms with van der Waals surface area (Å²) in [5, 5.41) is 0. The lowest BCUT2D eigenvalue weighted by atomic mass is 10.4. The first-order valence-corrected chi connectivity index (χ1v) is 5.72. The number of nitrogens with two attached hydrogens (primary N) is 1. The summed E-state index contributed by atoms with van der Waals surface area (Å²) in [7, 11) is 0. The van der Waals surface area contributed by atoms with Crippen LogP contribution in [0.1, 0.15) is 27.2 Å². The van der Waals surface area contributed by atoms with Crippen molar-refractivity contribution in [1.82, 2.24) is 9.97 Å². The average Bonchev–Trinajstić information content (AvgIpc) is 2.31. The number of nitrogen functional groups attached to an aromatic ring is 1. The summed E-state index contributed by atoms with van der Waals surface area (Å²) < 4.78 is 5.46.